The molecule has 1 aliphatic heterocycles. The third-order valence-electron chi connectivity index (χ3n) is 3.30. The highest BCUT2D eigenvalue weighted by Crippen LogP contribution is 2.28. The normalized spacial score (nSPS) is 18.0. The van der Waals surface area contributed by atoms with Crippen LogP contribution < -0.4 is 11.5 Å². The fraction of sp³-hybridized carbons (Fsp3) is 0.417. The number of anilines is 1. The van der Waals surface area contributed by atoms with Crippen LogP contribution in [0.5, 0.6) is 0 Å². The zero-order chi connectivity index (χ0) is 14.9. The van der Waals surface area contributed by atoms with E-state index in [2.05, 4.69) is 0 Å². The Bertz CT molecular complexity index is 570. The first-order chi connectivity index (χ1) is 9.40. The maximum Gasteiger partial charge on any atom is 0.295 e. The minimum Gasteiger partial charge on any atom is -0.393 e. The molecule has 116 valence electrons. The smallest absolute Gasteiger partial charge is 0.295 e. The van der Waals surface area contributed by atoms with Crippen LogP contribution >= 0.6 is 12.4 Å². The highest BCUT2D eigenvalue weighted by Gasteiger charge is 2.27. The van der Waals surface area contributed by atoms with Crippen LogP contribution in [0.15, 0.2) is 12.1 Å². The van der Waals surface area contributed by atoms with Gasteiger partial charge in [0.15, 0.2) is 0 Å². The molecule has 0 saturated carbocycles. The Morgan fingerprint density at radius 1 is 1.48 bits per heavy atom. The van der Waals surface area contributed by atoms with Gasteiger partial charge in [-0.1, -0.05) is 0 Å². The highest BCUT2D eigenvalue weighted by atomic mass is 35.5. The average Bonchev–Trinajstić information content (AvgIpc) is 2.40. The number of benzene rings is 1. The number of piperidine rings is 1. The molecule has 1 unspecified atom stereocenters. The summed E-state index contributed by atoms with van der Waals surface area (Å²) in [6, 6.07) is 1.48. The van der Waals surface area contributed by atoms with Crippen LogP contribution in [-0.2, 0) is 0 Å². The topological polar surface area (TPSA) is 115 Å². The number of nitro benzene ring substituents is 1. The largest absolute Gasteiger partial charge is 0.393 e. The van der Waals surface area contributed by atoms with E-state index in [9.17, 15) is 19.3 Å². The molecular formula is C12H16ClFN4O3. The second kappa shape index (κ2) is 6.68. The number of carbonyl (C=O) groups excluding carboxylic acids is 1. The van der Waals surface area contributed by atoms with Crippen molar-refractivity contribution in [1.82, 2.24) is 4.90 Å². The van der Waals surface area contributed by atoms with Crippen LogP contribution in [-0.4, -0.2) is 34.9 Å². The molecule has 0 aromatic heterocycles. The highest BCUT2D eigenvalue weighted by molar-refractivity contribution is 6.01. The summed E-state index contributed by atoms with van der Waals surface area (Å²) < 4.78 is 13.4. The molecule has 0 bridgehead atoms. The summed E-state index contributed by atoms with van der Waals surface area (Å²) in [4.78, 5) is 23.7. The first-order valence-electron chi connectivity index (χ1n) is 6.18. The van der Waals surface area contributed by atoms with Crippen molar-refractivity contribution in [3.8, 4) is 0 Å². The second-order valence-corrected chi connectivity index (χ2v) is 4.80. The monoisotopic (exact) mass is 318 g/mol. The molecule has 2 rings (SSSR count). The lowest BCUT2D eigenvalue weighted by molar-refractivity contribution is -0.384. The summed E-state index contributed by atoms with van der Waals surface area (Å²) in [7, 11) is 0. The summed E-state index contributed by atoms with van der Waals surface area (Å²) in [6.07, 6.45) is 1.55. The van der Waals surface area contributed by atoms with Crippen molar-refractivity contribution < 1.29 is 14.1 Å². The summed E-state index contributed by atoms with van der Waals surface area (Å²) in [6.45, 7) is 0.818. The average molecular weight is 319 g/mol. The van der Waals surface area contributed by atoms with Crippen molar-refractivity contribution in [3.63, 3.8) is 0 Å². The van der Waals surface area contributed by atoms with E-state index in [1.54, 1.807) is 0 Å². The molecule has 1 atom stereocenters. The van der Waals surface area contributed by atoms with Crippen molar-refractivity contribution in [2.24, 2.45) is 5.73 Å². The lowest BCUT2D eigenvalue weighted by Crippen LogP contribution is -2.45. The molecule has 1 aromatic rings. The first kappa shape index (κ1) is 17.1. The lowest BCUT2D eigenvalue weighted by Gasteiger charge is -2.31. The molecule has 1 aliphatic rings. The maximum atomic E-state index is 13.4. The van der Waals surface area contributed by atoms with E-state index in [4.69, 9.17) is 11.5 Å². The van der Waals surface area contributed by atoms with Gasteiger partial charge in [0, 0.05) is 19.1 Å². The zero-order valence-corrected chi connectivity index (χ0v) is 11.9. The number of nitrogens with zero attached hydrogens (tertiary/aromatic N) is 2. The number of amides is 1. The van der Waals surface area contributed by atoms with E-state index in [1.165, 1.54) is 4.90 Å². The van der Waals surface area contributed by atoms with Crippen LogP contribution in [0.3, 0.4) is 0 Å². The molecule has 0 spiro atoms. The molecule has 0 aliphatic carbocycles. The fourth-order valence-electron chi connectivity index (χ4n) is 2.30. The quantitative estimate of drug-likeness (QED) is 0.484. The van der Waals surface area contributed by atoms with Gasteiger partial charge in [-0.05, 0) is 18.9 Å². The summed E-state index contributed by atoms with van der Waals surface area (Å²) in [5.41, 5.74) is 10.3. The Hall–Kier alpha value is -1.93. The second-order valence-electron chi connectivity index (χ2n) is 4.80. The molecule has 1 aromatic carbocycles. The molecule has 4 N–H and O–H groups in total. The van der Waals surface area contributed by atoms with Gasteiger partial charge in [-0.2, -0.15) is 0 Å². The number of hydrogen-bond acceptors (Lipinski definition) is 5. The van der Waals surface area contributed by atoms with Gasteiger partial charge in [-0.15, -0.1) is 12.4 Å². The predicted molar refractivity (Wildman–Crippen MR) is 77.8 cm³/mol. The van der Waals surface area contributed by atoms with Crippen molar-refractivity contribution in [1.29, 1.82) is 0 Å². The van der Waals surface area contributed by atoms with Crippen LogP contribution in [0.1, 0.15) is 23.2 Å². The van der Waals surface area contributed by atoms with E-state index in [0.717, 1.165) is 18.9 Å². The molecule has 21 heavy (non-hydrogen) atoms. The van der Waals surface area contributed by atoms with Gasteiger partial charge < -0.3 is 16.4 Å². The maximum absolute atomic E-state index is 13.4. The van der Waals surface area contributed by atoms with Gasteiger partial charge in [0.2, 0.25) is 0 Å². The van der Waals surface area contributed by atoms with Crippen LogP contribution in [0.4, 0.5) is 15.8 Å². The summed E-state index contributed by atoms with van der Waals surface area (Å²) in [5.74, 6) is -1.39. The predicted octanol–water partition coefficient (Wildman–Crippen LogP) is 1.30. The van der Waals surface area contributed by atoms with E-state index in [1.807, 2.05) is 0 Å². The molecule has 0 radical (unpaired) electrons. The van der Waals surface area contributed by atoms with Crippen molar-refractivity contribution in [3.05, 3.63) is 33.6 Å². The van der Waals surface area contributed by atoms with Gasteiger partial charge in [0.25, 0.3) is 11.6 Å². The first-order valence-corrected chi connectivity index (χ1v) is 6.18. The Morgan fingerprint density at radius 2 is 2.14 bits per heavy atom. The molecule has 1 saturated heterocycles. The molecule has 9 heteroatoms. The lowest BCUT2D eigenvalue weighted by atomic mass is 10.0. The number of nitrogens with two attached hydrogens (primary N) is 2. The summed E-state index contributed by atoms with van der Waals surface area (Å²) in [5, 5.41) is 10.8. The number of nitro groups is 1. The van der Waals surface area contributed by atoms with Crippen LogP contribution in [0.25, 0.3) is 0 Å². The minimum atomic E-state index is -0.865. The number of likely N-dealkylation sites (tertiary alicyclic amines) is 1. The molecule has 1 fully saturated rings. The number of halogens is 2. The van der Waals surface area contributed by atoms with Gasteiger partial charge in [0.1, 0.15) is 11.5 Å². The van der Waals surface area contributed by atoms with Crippen LogP contribution in [0.2, 0.25) is 0 Å². The zero-order valence-electron chi connectivity index (χ0n) is 11.1. The number of nitrogen functional groups attached to an aromatic ring is 1. The Kier molecular flexibility index (Phi) is 5.45. The third-order valence-corrected chi connectivity index (χ3v) is 3.30. The Labute approximate surface area is 126 Å². The Balaban J connectivity index is 0.00000220. The van der Waals surface area contributed by atoms with E-state index in [0.29, 0.717) is 19.2 Å². The van der Waals surface area contributed by atoms with Gasteiger partial charge in [-0.3, -0.25) is 14.9 Å². The SMILES string of the molecule is Cl.Nc1c(C(=O)N2CCCC(N)C2)cc(F)cc1[N+](=O)[O-]. The molecule has 1 heterocycles. The van der Waals surface area contributed by atoms with E-state index < -0.39 is 22.3 Å². The molecular weight excluding hydrogens is 303 g/mol. The number of rotatable bonds is 2. The molecule has 1 amide bonds. The standard InChI is InChI=1S/C12H15FN4O3.ClH/c13-7-4-9(11(15)10(5-7)17(19)20)12(18)16-3-1-2-8(14)6-16;/h4-5,8H,1-3,6,14-15H2;1H. The van der Waals surface area contributed by atoms with Crippen molar-refractivity contribution >= 4 is 29.7 Å². The van der Waals surface area contributed by atoms with Crippen LogP contribution in [0, 0.1) is 15.9 Å². The Morgan fingerprint density at radius 3 is 2.71 bits per heavy atom. The third kappa shape index (κ3) is 3.59. The fourth-order valence-corrected chi connectivity index (χ4v) is 2.30. The number of carbonyl (C=O) groups is 1. The van der Waals surface area contributed by atoms with Crippen molar-refractivity contribution in [2.45, 2.75) is 18.9 Å². The van der Waals surface area contributed by atoms with Crippen molar-refractivity contribution in [2.75, 3.05) is 18.8 Å². The van der Waals surface area contributed by atoms with E-state index in [-0.39, 0.29) is 29.7 Å². The molecule has 7 nitrogen and oxygen atoms in total. The summed E-state index contributed by atoms with van der Waals surface area (Å²) >= 11 is 0. The van der Waals surface area contributed by atoms with Gasteiger partial charge >= 0.3 is 0 Å². The van der Waals surface area contributed by atoms with Gasteiger partial charge in [0.05, 0.1) is 16.6 Å². The van der Waals surface area contributed by atoms with E-state index >= 15 is 0 Å². The minimum absolute atomic E-state index is 0. The number of hydrogen-bond donors (Lipinski definition) is 2. The van der Waals surface area contributed by atoms with Gasteiger partial charge in [-0.25, -0.2) is 4.39 Å².